The number of fused-ring (bicyclic) bond motifs is 4. The summed E-state index contributed by atoms with van der Waals surface area (Å²) >= 11 is 0. The van der Waals surface area contributed by atoms with Crippen LogP contribution in [0.5, 0.6) is 5.75 Å². The molecule has 4 rings (SSSR count). The highest BCUT2D eigenvalue weighted by Crippen LogP contribution is 2.35. The molecule has 2 atom stereocenters. The molecular weight excluding hydrogens is 372 g/mol. The lowest BCUT2D eigenvalue weighted by Crippen LogP contribution is -2.48. The number of hydrogen-bond acceptors (Lipinski definition) is 4. The van der Waals surface area contributed by atoms with Crippen LogP contribution in [0.1, 0.15) is 25.0 Å². The number of amides is 3. The lowest BCUT2D eigenvalue weighted by molar-refractivity contribution is -0.131. The van der Waals surface area contributed by atoms with Gasteiger partial charge in [-0.25, -0.2) is 4.79 Å². The zero-order chi connectivity index (χ0) is 20.5. The number of nitrogens with zero attached hydrogens (tertiary/aromatic N) is 2. The van der Waals surface area contributed by atoms with Crippen molar-refractivity contribution in [2.75, 3.05) is 30.8 Å². The van der Waals surface area contributed by atoms with E-state index in [4.69, 9.17) is 4.74 Å². The predicted octanol–water partition coefficient (Wildman–Crippen LogP) is 2.47. The fourth-order valence-electron chi connectivity index (χ4n) is 4.32. The smallest absolute Gasteiger partial charge is 0.323 e. The molecule has 0 aliphatic carbocycles. The summed E-state index contributed by atoms with van der Waals surface area (Å²) in [7, 11) is 1.53. The molecule has 1 aromatic heterocycles. The summed E-state index contributed by atoms with van der Waals surface area (Å²) in [5.41, 5.74) is 1.45. The molecule has 8 heteroatoms. The summed E-state index contributed by atoms with van der Waals surface area (Å²) in [6.45, 7) is 3.44. The molecule has 29 heavy (non-hydrogen) atoms. The first-order chi connectivity index (χ1) is 14.0. The highest BCUT2D eigenvalue weighted by molar-refractivity contribution is 6.00. The lowest BCUT2D eigenvalue weighted by Gasteiger charge is -2.42. The SMILES string of the molecule is COc1ccccc1NC(=O)Nc1ccc2n(c1=O)C[C@@H]1C[C@@H]2CN(C(C)=O)C1. The second-order valence-corrected chi connectivity index (χ2v) is 7.59. The second kappa shape index (κ2) is 7.62. The highest BCUT2D eigenvalue weighted by Gasteiger charge is 2.35. The Labute approximate surface area is 168 Å². The normalized spacial score (nSPS) is 19.9. The molecule has 1 saturated heterocycles. The van der Waals surface area contributed by atoms with E-state index in [1.54, 1.807) is 35.8 Å². The summed E-state index contributed by atoms with van der Waals surface area (Å²) in [6.07, 6.45) is 0.976. The largest absolute Gasteiger partial charge is 0.495 e. The van der Waals surface area contributed by atoms with E-state index in [1.165, 1.54) is 7.11 Å². The van der Waals surface area contributed by atoms with Crippen LogP contribution in [-0.2, 0) is 11.3 Å². The Morgan fingerprint density at radius 2 is 1.79 bits per heavy atom. The minimum atomic E-state index is -0.508. The van der Waals surface area contributed by atoms with Gasteiger partial charge in [0.1, 0.15) is 11.4 Å². The van der Waals surface area contributed by atoms with Crippen molar-refractivity contribution in [2.45, 2.75) is 25.8 Å². The third-order valence-corrected chi connectivity index (χ3v) is 5.65. The molecule has 3 heterocycles. The number of nitrogens with one attached hydrogen (secondary N) is 2. The summed E-state index contributed by atoms with van der Waals surface area (Å²) in [4.78, 5) is 39.0. The van der Waals surface area contributed by atoms with Crippen molar-refractivity contribution >= 4 is 23.3 Å². The average Bonchev–Trinajstić information content (AvgIpc) is 2.70. The number of methoxy groups -OCH3 is 1. The Morgan fingerprint density at radius 3 is 2.55 bits per heavy atom. The van der Waals surface area contributed by atoms with Crippen molar-refractivity contribution in [1.29, 1.82) is 0 Å². The number of carbonyl (C=O) groups excluding carboxylic acids is 2. The van der Waals surface area contributed by atoms with E-state index in [0.29, 0.717) is 31.1 Å². The van der Waals surface area contributed by atoms with Gasteiger partial charge >= 0.3 is 6.03 Å². The van der Waals surface area contributed by atoms with E-state index in [1.807, 2.05) is 17.0 Å². The Hall–Kier alpha value is -3.29. The number of ether oxygens (including phenoxy) is 1. The summed E-state index contributed by atoms with van der Waals surface area (Å²) in [6, 6.07) is 10.1. The van der Waals surface area contributed by atoms with Gasteiger partial charge < -0.3 is 24.8 Å². The number of hydrogen-bond donors (Lipinski definition) is 2. The van der Waals surface area contributed by atoms with Crippen LogP contribution < -0.4 is 20.9 Å². The third-order valence-electron chi connectivity index (χ3n) is 5.65. The highest BCUT2D eigenvalue weighted by atomic mass is 16.5. The first kappa shape index (κ1) is 19.0. The van der Waals surface area contributed by atoms with Gasteiger partial charge in [-0.05, 0) is 36.6 Å². The molecule has 2 aromatic rings. The molecule has 8 nitrogen and oxygen atoms in total. The molecule has 2 aliphatic heterocycles. The maximum Gasteiger partial charge on any atom is 0.323 e. The Bertz CT molecular complexity index is 1020. The Balaban J connectivity index is 1.54. The lowest BCUT2D eigenvalue weighted by atomic mass is 9.83. The fourth-order valence-corrected chi connectivity index (χ4v) is 4.32. The van der Waals surface area contributed by atoms with Crippen LogP contribution >= 0.6 is 0 Å². The molecule has 0 spiro atoms. The van der Waals surface area contributed by atoms with Crippen LogP contribution in [0.3, 0.4) is 0 Å². The van der Waals surface area contributed by atoms with Gasteiger partial charge in [0, 0.05) is 38.2 Å². The summed E-state index contributed by atoms with van der Waals surface area (Å²) in [5, 5.41) is 5.36. The Kier molecular flexibility index (Phi) is 5.00. The number of likely N-dealkylation sites (tertiary alicyclic amines) is 1. The van der Waals surface area contributed by atoms with E-state index in [0.717, 1.165) is 12.1 Å². The second-order valence-electron chi connectivity index (χ2n) is 7.59. The number of rotatable bonds is 3. The van der Waals surface area contributed by atoms with Gasteiger partial charge in [0.25, 0.3) is 5.56 Å². The standard InChI is InChI=1S/C21H24N4O4/c1-13(26)24-10-14-9-15(12-24)18-8-7-17(20(27)25(18)11-14)23-21(28)22-16-5-3-4-6-19(16)29-2/h3-8,14-15H,9-12H2,1-2H3,(H2,22,23,28)/t14-,15-/m1/s1. The average molecular weight is 396 g/mol. The summed E-state index contributed by atoms with van der Waals surface area (Å²) in [5.74, 6) is 1.01. The Morgan fingerprint density at radius 1 is 1.03 bits per heavy atom. The molecule has 2 N–H and O–H groups in total. The van der Waals surface area contributed by atoms with E-state index < -0.39 is 6.03 Å². The molecule has 0 radical (unpaired) electrons. The molecular formula is C21H24N4O4. The zero-order valence-electron chi connectivity index (χ0n) is 16.5. The van der Waals surface area contributed by atoms with Crippen LogP contribution in [0.4, 0.5) is 16.2 Å². The molecule has 1 fully saturated rings. The van der Waals surface area contributed by atoms with Crippen molar-refractivity contribution in [2.24, 2.45) is 5.92 Å². The van der Waals surface area contributed by atoms with Gasteiger partial charge in [0.05, 0.1) is 12.8 Å². The minimum absolute atomic E-state index is 0.0711. The maximum atomic E-state index is 13.0. The van der Waals surface area contributed by atoms with Crippen molar-refractivity contribution in [3.63, 3.8) is 0 Å². The zero-order valence-corrected chi connectivity index (χ0v) is 16.5. The monoisotopic (exact) mass is 396 g/mol. The minimum Gasteiger partial charge on any atom is -0.495 e. The number of carbonyl (C=O) groups is 2. The van der Waals surface area contributed by atoms with Gasteiger partial charge in [0.2, 0.25) is 5.91 Å². The van der Waals surface area contributed by atoms with E-state index >= 15 is 0 Å². The summed E-state index contributed by atoms with van der Waals surface area (Å²) < 4.78 is 6.97. The number of aromatic nitrogens is 1. The molecule has 2 aliphatic rings. The van der Waals surface area contributed by atoms with Gasteiger partial charge in [-0.2, -0.15) is 0 Å². The van der Waals surface area contributed by atoms with Crippen molar-refractivity contribution in [3.05, 3.63) is 52.4 Å². The number of anilines is 2. The van der Waals surface area contributed by atoms with Gasteiger partial charge in [0.15, 0.2) is 0 Å². The number of urea groups is 1. The van der Waals surface area contributed by atoms with E-state index in [9.17, 15) is 14.4 Å². The fraction of sp³-hybridized carbons (Fsp3) is 0.381. The number of para-hydroxylation sites is 2. The predicted molar refractivity (Wildman–Crippen MR) is 109 cm³/mol. The number of pyridine rings is 1. The van der Waals surface area contributed by atoms with Crippen LogP contribution in [-0.4, -0.2) is 41.6 Å². The van der Waals surface area contributed by atoms with Crippen molar-refractivity contribution in [3.8, 4) is 5.75 Å². The third kappa shape index (κ3) is 3.70. The quantitative estimate of drug-likeness (QED) is 0.834. The number of benzene rings is 1. The molecule has 2 bridgehead atoms. The van der Waals surface area contributed by atoms with Crippen molar-refractivity contribution in [1.82, 2.24) is 9.47 Å². The molecule has 0 saturated carbocycles. The molecule has 3 amide bonds. The maximum absolute atomic E-state index is 13.0. The van der Waals surface area contributed by atoms with E-state index in [2.05, 4.69) is 10.6 Å². The van der Waals surface area contributed by atoms with Crippen LogP contribution in [0.2, 0.25) is 0 Å². The van der Waals surface area contributed by atoms with Crippen LogP contribution in [0, 0.1) is 5.92 Å². The number of piperidine rings is 1. The molecule has 152 valence electrons. The molecule has 1 aromatic carbocycles. The van der Waals surface area contributed by atoms with Crippen LogP contribution in [0.25, 0.3) is 0 Å². The van der Waals surface area contributed by atoms with E-state index in [-0.39, 0.29) is 29.0 Å². The topological polar surface area (TPSA) is 92.7 Å². The van der Waals surface area contributed by atoms with Gasteiger partial charge in [-0.3, -0.25) is 9.59 Å². The van der Waals surface area contributed by atoms with Crippen LogP contribution in [0.15, 0.2) is 41.2 Å². The van der Waals surface area contributed by atoms with Gasteiger partial charge in [-0.15, -0.1) is 0 Å². The first-order valence-electron chi connectivity index (χ1n) is 9.66. The van der Waals surface area contributed by atoms with Gasteiger partial charge in [-0.1, -0.05) is 12.1 Å². The van der Waals surface area contributed by atoms with Crippen molar-refractivity contribution < 1.29 is 14.3 Å². The molecule has 0 unspecified atom stereocenters. The first-order valence-corrected chi connectivity index (χ1v) is 9.66.